The molecule has 0 aromatic carbocycles. The number of nitrogen functional groups attached to an aromatic ring is 1. The van der Waals surface area contributed by atoms with Gasteiger partial charge in [0.05, 0.1) is 11.8 Å². The number of hydrogen-bond donors (Lipinski definition) is 3. The fourth-order valence-corrected chi connectivity index (χ4v) is 2.39. The standard InChI is InChI=1S/C12H19N3O2/c1-15-7-9(13)5-10(15)12(17)14-6-8-3-2-4-11(8)16/h5,7-8,11,16H,2-4,6,13H2,1H3,(H,14,17). The summed E-state index contributed by atoms with van der Waals surface area (Å²) < 4.78 is 1.70. The lowest BCUT2D eigenvalue weighted by Crippen LogP contribution is -2.33. The van der Waals surface area contributed by atoms with Gasteiger partial charge in [-0.2, -0.15) is 0 Å². The largest absolute Gasteiger partial charge is 0.397 e. The number of aliphatic hydroxyl groups excluding tert-OH is 1. The van der Waals surface area contributed by atoms with Crippen LogP contribution in [0.1, 0.15) is 29.8 Å². The topological polar surface area (TPSA) is 80.3 Å². The summed E-state index contributed by atoms with van der Waals surface area (Å²) in [6.07, 6.45) is 4.31. The van der Waals surface area contributed by atoms with Gasteiger partial charge in [0.1, 0.15) is 5.69 Å². The highest BCUT2D eigenvalue weighted by Gasteiger charge is 2.25. The van der Waals surface area contributed by atoms with Crippen molar-refractivity contribution in [2.45, 2.75) is 25.4 Å². The fourth-order valence-electron chi connectivity index (χ4n) is 2.39. The maximum Gasteiger partial charge on any atom is 0.267 e. The van der Waals surface area contributed by atoms with E-state index in [1.54, 1.807) is 23.9 Å². The van der Waals surface area contributed by atoms with Gasteiger partial charge in [0, 0.05) is 25.7 Å². The molecule has 0 saturated heterocycles. The summed E-state index contributed by atoms with van der Waals surface area (Å²) >= 11 is 0. The zero-order chi connectivity index (χ0) is 12.4. The van der Waals surface area contributed by atoms with E-state index in [4.69, 9.17) is 5.73 Å². The van der Waals surface area contributed by atoms with Crippen LogP contribution in [-0.4, -0.2) is 28.2 Å². The molecule has 0 spiro atoms. The lowest BCUT2D eigenvalue weighted by atomic mass is 10.1. The molecule has 2 rings (SSSR count). The van der Waals surface area contributed by atoms with Crippen molar-refractivity contribution in [2.75, 3.05) is 12.3 Å². The zero-order valence-electron chi connectivity index (χ0n) is 10.0. The zero-order valence-corrected chi connectivity index (χ0v) is 10.0. The number of hydrogen-bond acceptors (Lipinski definition) is 3. The van der Waals surface area contributed by atoms with Gasteiger partial charge in [-0.25, -0.2) is 0 Å². The highest BCUT2D eigenvalue weighted by Crippen LogP contribution is 2.24. The van der Waals surface area contributed by atoms with Crippen LogP contribution in [0.5, 0.6) is 0 Å². The Hall–Kier alpha value is -1.49. The Morgan fingerprint density at radius 2 is 2.41 bits per heavy atom. The number of nitrogens with two attached hydrogens (primary N) is 1. The van der Waals surface area contributed by atoms with Gasteiger partial charge in [-0.05, 0) is 18.9 Å². The number of nitrogens with zero attached hydrogens (tertiary/aromatic N) is 1. The van der Waals surface area contributed by atoms with Gasteiger partial charge in [-0.3, -0.25) is 4.79 Å². The van der Waals surface area contributed by atoms with E-state index in [0.717, 1.165) is 19.3 Å². The second-order valence-electron chi connectivity index (χ2n) is 4.74. The molecule has 1 aromatic rings. The van der Waals surface area contributed by atoms with E-state index in [1.807, 2.05) is 0 Å². The minimum Gasteiger partial charge on any atom is -0.397 e. The van der Waals surface area contributed by atoms with E-state index < -0.39 is 0 Å². The number of carbonyl (C=O) groups excluding carboxylic acids is 1. The van der Waals surface area contributed by atoms with Gasteiger partial charge in [-0.15, -0.1) is 0 Å². The number of amides is 1. The lowest BCUT2D eigenvalue weighted by Gasteiger charge is -2.15. The number of aliphatic hydroxyl groups is 1. The number of carbonyl (C=O) groups is 1. The number of rotatable bonds is 3. The first kappa shape index (κ1) is 12.0. The van der Waals surface area contributed by atoms with Crippen LogP contribution in [0.15, 0.2) is 12.3 Å². The van der Waals surface area contributed by atoms with Crippen molar-refractivity contribution in [3.63, 3.8) is 0 Å². The van der Waals surface area contributed by atoms with Crippen molar-refractivity contribution < 1.29 is 9.90 Å². The van der Waals surface area contributed by atoms with E-state index in [-0.39, 0.29) is 17.9 Å². The molecule has 0 bridgehead atoms. The van der Waals surface area contributed by atoms with Gasteiger partial charge in [0.25, 0.3) is 5.91 Å². The molecule has 1 aromatic heterocycles. The summed E-state index contributed by atoms with van der Waals surface area (Å²) in [5.74, 6) is 0.0554. The Balaban J connectivity index is 1.91. The smallest absolute Gasteiger partial charge is 0.267 e. The van der Waals surface area contributed by atoms with Gasteiger partial charge < -0.3 is 20.7 Å². The first-order valence-electron chi connectivity index (χ1n) is 5.96. The van der Waals surface area contributed by atoms with Crippen LogP contribution in [-0.2, 0) is 7.05 Å². The van der Waals surface area contributed by atoms with Crippen molar-refractivity contribution in [3.05, 3.63) is 18.0 Å². The molecule has 2 atom stereocenters. The van der Waals surface area contributed by atoms with Crippen LogP contribution in [0.4, 0.5) is 5.69 Å². The fraction of sp³-hybridized carbons (Fsp3) is 0.583. The molecule has 0 radical (unpaired) electrons. The van der Waals surface area contributed by atoms with E-state index in [0.29, 0.717) is 17.9 Å². The van der Waals surface area contributed by atoms with Crippen molar-refractivity contribution in [1.29, 1.82) is 0 Å². The second-order valence-corrected chi connectivity index (χ2v) is 4.74. The number of anilines is 1. The molecule has 4 N–H and O–H groups in total. The highest BCUT2D eigenvalue weighted by molar-refractivity contribution is 5.93. The highest BCUT2D eigenvalue weighted by atomic mass is 16.3. The number of aromatic nitrogens is 1. The molecule has 1 amide bonds. The summed E-state index contributed by atoms with van der Waals surface area (Å²) in [4.78, 5) is 11.9. The Morgan fingerprint density at radius 1 is 1.65 bits per heavy atom. The molecule has 1 aliphatic carbocycles. The van der Waals surface area contributed by atoms with Crippen LogP contribution in [0.3, 0.4) is 0 Å². The van der Waals surface area contributed by atoms with Crippen molar-refractivity contribution in [2.24, 2.45) is 13.0 Å². The van der Waals surface area contributed by atoms with Crippen LogP contribution < -0.4 is 11.1 Å². The van der Waals surface area contributed by atoms with Crippen LogP contribution >= 0.6 is 0 Å². The summed E-state index contributed by atoms with van der Waals surface area (Å²) in [7, 11) is 1.79. The third-order valence-corrected chi connectivity index (χ3v) is 3.40. The molecule has 17 heavy (non-hydrogen) atoms. The number of aryl methyl sites for hydroxylation is 1. The van der Waals surface area contributed by atoms with Crippen LogP contribution in [0, 0.1) is 5.92 Å². The molecule has 0 aliphatic heterocycles. The predicted octanol–water partition coefficient (Wildman–Crippen LogP) is 0.498. The average Bonchev–Trinajstić information content (AvgIpc) is 2.81. The van der Waals surface area contributed by atoms with Gasteiger partial charge >= 0.3 is 0 Å². The first-order valence-corrected chi connectivity index (χ1v) is 5.96. The Morgan fingerprint density at radius 3 is 2.94 bits per heavy atom. The molecule has 1 aliphatic rings. The van der Waals surface area contributed by atoms with E-state index in [9.17, 15) is 9.90 Å². The second kappa shape index (κ2) is 4.79. The predicted molar refractivity (Wildman–Crippen MR) is 65.5 cm³/mol. The van der Waals surface area contributed by atoms with Crippen LogP contribution in [0.25, 0.3) is 0 Å². The Bertz CT molecular complexity index is 414. The maximum absolute atomic E-state index is 11.9. The van der Waals surface area contributed by atoms with Gasteiger partial charge in [0.15, 0.2) is 0 Å². The van der Waals surface area contributed by atoms with Crippen molar-refractivity contribution in [1.82, 2.24) is 9.88 Å². The molecular weight excluding hydrogens is 218 g/mol. The third kappa shape index (κ3) is 2.61. The summed E-state index contributed by atoms with van der Waals surface area (Å²) in [6, 6.07) is 1.65. The quantitative estimate of drug-likeness (QED) is 0.716. The molecule has 2 unspecified atom stereocenters. The molecular formula is C12H19N3O2. The maximum atomic E-state index is 11.9. The molecule has 1 saturated carbocycles. The lowest BCUT2D eigenvalue weighted by molar-refractivity contribution is 0.0909. The molecule has 1 heterocycles. The number of nitrogens with one attached hydrogen (secondary N) is 1. The van der Waals surface area contributed by atoms with Gasteiger partial charge in [0.2, 0.25) is 0 Å². The molecule has 5 heteroatoms. The van der Waals surface area contributed by atoms with E-state index >= 15 is 0 Å². The van der Waals surface area contributed by atoms with E-state index in [1.165, 1.54) is 0 Å². The average molecular weight is 237 g/mol. The summed E-state index contributed by atoms with van der Waals surface area (Å²) in [5.41, 5.74) is 6.75. The van der Waals surface area contributed by atoms with Crippen LogP contribution in [0.2, 0.25) is 0 Å². The Labute approximate surface area is 101 Å². The SMILES string of the molecule is Cn1cc(N)cc1C(=O)NCC1CCCC1O. The first-order chi connectivity index (χ1) is 8.08. The molecule has 94 valence electrons. The monoisotopic (exact) mass is 237 g/mol. The van der Waals surface area contributed by atoms with Gasteiger partial charge in [-0.1, -0.05) is 6.42 Å². The molecule has 5 nitrogen and oxygen atoms in total. The van der Waals surface area contributed by atoms with Crippen molar-refractivity contribution >= 4 is 11.6 Å². The third-order valence-electron chi connectivity index (χ3n) is 3.40. The summed E-state index contributed by atoms with van der Waals surface area (Å²) in [5, 5.41) is 12.5. The Kier molecular flexibility index (Phi) is 3.38. The van der Waals surface area contributed by atoms with Crippen molar-refractivity contribution in [3.8, 4) is 0 Å². The normalized spacial score (nSPS) is 23.9. The minimum absolute atomic E-state index is 0.136. The minimum atomic E-state index is -0.270. The van der Waals surface area contributed by atoms with E-state index in [2.05, 4.69) is 5.32 Å². The molecule has 1 fully saturated rings. The summed E-state index contributed by atoms with van der Waals surface area (Å²) in [6.45, 7) is 0.533.